The van der Waals surface area contributed by atoms with Crippen LogP contribution in [0.15, 0.2) is 27.1 Å². The number of rotatable bonds is 4. The second-order valence-corrected chi connectivity index (χ2v) is 8.47. The van der Waals surface area contributed by atoms with Gasteiger partial charge in [0.05, 0.1) is 16.4 Å². The fraction of sp³-hybridized carbons (Fsp3) is 0.389. The van der Waals surface area contributed by atoms with Crippen LogP contribution in [0.25, 0.3) is 0 Å². The van der Waals surface area contributed by atoms with Gasteiger partial charge in [0.2, 0.25) is 0 Å². The highest BCUT2D eigenvalue weighted by atomic mass is 32.2. The molecule has 0 atom stereocenters. The van der Waals surface area contributed by atoms with Gasteiger partial charge in [-0.15, -0.1) is 0 Å². The third kappa shape index (κ3) is 3.01. The van der Waals surface area contributed by atoms with Gasteiger partial charge in [-0.3, -0.25) is 14.3 Å². The van der Waals surface area contributed by atoms with Crippen molar-refractivity contribution < 1.29 is 18.0 Å². The molecule has 1 aromatic heterocycles. The summed E-state index contributed by atoms with van der Waals surface area (Å²) in [6, 6.07) is 1.53. The van der Waals surface area contributed by atoms with E-state index in [0.717, 1.165) is 0 Å². The first kappa shape index (κ1) is 19.1. The van der Waals surface area contributed by atoms with Crippen LogP contribution in [0, 0.1) is 13.8 Å². The number of benzene rings is 1. The summed E-state index contributed by atoms with van der Waals surface area (Å²) in [5.74, 6) is -0.513. The molecule has 0 unspecified atom stereocenters. The van der Waals surface area contributed by atoms with Gasteiger partial charge in [0, 0.05) is 30.3 Å². The van der Waals surface area contributed by atoms with E-state index in [0.29, 0.717) is 28.9 Å². The zero-order valence-electron chi connectivity index (χ0n) is 15.6. The highest BCUT2D eigenvalue weighted by Crippen LogP contribution is 2.33. The second-order valence-electron chi connectivity index (χ2n) is 6.43. The lowest BCUT2D eigenvalue weighted by Crippen LogP contribution is -2.27. The molecule has 8 nitrogen and oxygen atoms in total. The van der Waals surface area contributed by atoms with Crippen molar-refractivity contribution in [3.05, 3.63) is 50.4 Å². The van der Waals surface area contributed by atoms with Gasteiger partial charge in [-0.2, -0.15) is 0 Å². The molecule has 1 aliphatic rings. The van der Waals surface area contributed by atoms with E-state index < -0.39 is 21.2 Å². The molecular weight excluding hydrogens is 370 g/mol. The van der Waals surface area contributed by atoms with Crippen molar-refractivity contribution in [3.63, 3.8) is 0 Å². The Morgan fingerprint density at radius 1 is 1.33 bits per heavy atom. The van der Waals surface area contributed by atoms with E-state index in [1.165, 1.54) is 24.1 Å². The maximum absolute atomic E-state index is 13.0. The third-order valence-electron chi connectivity index (χ3n) is 4.78. The summed E-state index contributed by atoms with van der Waals surface area (Å²) in [5.41, 5.74) is 1.71. The fourth-order valence-electron chi connectivity index (χ4n) is 3.49. The number of aryl methyl sites for hydroxylation is 2. The minimum atomic E-state index is -3.48. The highest BCUT2D eigenvalue weighted by molar-refractivity contribution is 7.91. The van der Waals surface area contributed by atoms with Gasteiger partial charge in [-0.1, -0.05) is 5.16 Å². The van der Waals surface area contributed by atoms with Gasteiger partial charge in [0.15, 0.2) is 15.6 Å². The van der Waals surface area contributed by atoms with Gasteiger partial charge in [-0.25, -0.2) is 8.42 Å². The standard InChI is InChI=1S/C18H21N3O5S/c1-5-21-18(23)13(9-19-21)16(22)12-8-10(2)17-15(11(12)3)14(20-26-4)6-7-27(17,24)25/h8-9,19H,5-7H2,1-4H3. The number of carbonyl (C=O) groups is 1. The molecule has 0 fully saturated rings. The first-order valence-electron chi connectivity index (χ1n) is 8.53. The predicted octanol–water partition coefficient (Wildman–Crippen LogP) is 1.57. The minimum Gasteiger partial charge on any atom is -0.399 e. The van der Waals surface area contributed by atoms with Crippen molar-refractivity contribution in [2.45, 2.75) is 38.6 Å². The summed E-state index contributed by atoms with van der Waals surface area (Å²) in [4.78, 5) is 30.4. The molecule has 3 rings (SSSR count). The number of hydrogen-bond donors (Lipinski definition) is 1. The minimum absolute atomic E-state index is 0.0168. The Bertz CT molecular complexity index is 1120. The Morgan fingerprint density at radius 3 is 2.63 bits per heavy atom. The summed E-state index contributed by atoms with van der Waals surface area (Å²) >= 11 is 0. The number of H-pyrrole nitrogens is 1. The molecule has 27 heavy (non-hydrogen) atoms. The van der Waals surface area contributed by atoms with Crippen LogP contribution >= 0.6 is 0 Å². The number of ketones is 1. The molecule has 0 radical (unpaired) electrons. The van der Waals surface area contributed by atoms with Gasteiger partial charge >= 0.3 is 0 Å². The number of nitrogens with zero attached hydrogens (tertiary/aromatic N) is 2. The maximum Gasteiger partial charge on any atom is 0.277 e. The van der Waals surface area contributed by atoms with E-state index in [9.17, 15) is 18.0 Å². The number of carbonyl (C=O) groups excluding carboxylic acids is 1. The van der Waals surface area contributed by atoms with E-state index >= 15 is 0 Å². The smallest absolute Gasteiger partial charge is 0.277 e. The molecule has 1 aliphatic heterocycles. The van der Waals surface area contributed by atoms with Crippen molar-refractivity contribution in [2.24, 2.45) is 5.16 Å². The van der Waals surface area contributed by atoms with Crippen LogP contribution < -0.4 is 5.56 Å². The number of fused-ring (bicyclic) bond motifs is 1. The number of aromatic amines is 1. The van der Waals surface area contributed by atoms with Crippen molar-refractivity contribution in [1.82, 2.24) is 9.78 Å². The van der Waals surface area contributed by atoms with Crippen LogP contribution in [0.3, 0.4) is 0 Å². The van der Waals surface area contributed by atoms with E-state index in [-0.39, 0.29) is 28.2 Å². The van der Waals surface area contributed by atoms with Gasteiger partial charge < -0.3 is 9.94 Å². The van der Waals surface area contributed by atoms with Crippen molar-refractivity contribution >= 4 is 21.3 Å². The van der Waals surface area contributed by atoms with Gasteiger partial charge in [0.1, 0.15) is 12.7 Å². The first-order valence-corrected chi connectivity index (χ1v) is 10.2. The van der Waals surface area contributed by atoms with Crippen LogP contribution in [0.2, 0.25) is 0 Å². The second kappa shape index (κ2) is 6.80. The average Bonchev–Trinajstić information content (AvgIpc) is 2.99. The van der Waals surface area contributed by atoms with E-state index in [2.05, 4.69) is 10.3 Å². The van der Waals surface area contributed by atoms with Crippen molar-refractivity contribution in [1.29, 1.82) is 0 Å². The summed E-state index contributed by atoms with van der Waals surface area (Å²) in [6.45, 7) is 5.52. The van der Waals surface area contributed by atoms with E-state index in [1.807, 2.05) is 0 Å². The normalized spacial score (nSPS) is 17.0. The Balaban J connectivity index is 2.28. The molecule has 2 heterocycles. The Morgan fingerprint density at radius 2 is 2.04 bits per heavy atom. The van der Waals surface area contributed by atoms with E-state index in [4.69, 9.17) is 4.84 Å². The average molecular weight is 391 g/mol. The topological polar surface area (TPSA) is 111 Å². The van der Waals surface area contributed by atoms with Crippen LogP contribution in [-0.2, 0) is 21.2 Å². The van der Waals surface area contributed by atoms with Crippen LogP contribution in [-0.4, -0.2) is 42.6 Å². The number of oxime groups is 1. The molecule has 1 N–H and O–H groups in total. The number of sulfone groups is 1. The molecule has 0 amide bonds. The Labute approximate surface area is 156 Å². The lowest BCUT2D eigenvalue weighted by molar-refractivity contribution is 0.103. The molecule has 0 spiro atoms. The third-order valence-corrected chi connectivity index (χ3v) is 6.67. The van der Waals surface area contributed by atoms with Crippen molar-refractivity contribution in [3.8, 4) is 0 Å². The lowest BCUT2D eigenvalue weighted by atomic mass is 9.91. The fourth-order valence-corrected chi connectivity index (χ4v) is 5.28. The molecule has 0 saturated heterocycles. The van der Waals surface area contributed by atoms with Gasteiger partial charge in [-0.05, 0) is 38.0 Å². The molecule has 1 aromatic carbocycles. The predicted molar refractivity (Wildman–Crippen MR) is 100 cm³/mol. The Kier molecular flexibility index (Phi) is 4.81. The molecule has 144 valence electrons. The van der Waals surface area contributed by atoms with Crippen LogP contribution in [0.1, 0.15) is 46.0 Å². The number of aromatic nitrogens is 2. The highest BCUT2D eigenvalue weighted by Gasteiger charge is 2.34. The number of nitrogens with one attached hydrogen (secondary N) is 1. The SMILES string of the molecule is CCn1[nH]cc(C(=O)c2cc(C)c3c(c2C)C(=NOC)CCS3(=O)=O)c1=O. The Hall–Kier alpha value is -2.68. The quantitative estimate of drug-likeness (QED) is 0.628. The maximum atomic E-state index is 13.0. The molecule has 0 aliphatic carbocycles. The molecular formula is C18H21N3O5S. The largest absolute Gasteiger partial charge is 0.399 e. The molecule has 0 saturated carbocycles. The summed E-state index contributed by atoms with van der Waals surface area (Å²) < 4.78 is 26.5. The van der Waals surface area contributed by atoms with Gasteiger partial charge in [0.25, 0.3) is 5.56 Å². The zero-order valence-corrected chi connectivity index (χ0v) is 16.4. The first-order chi connectivity index (χ1) is 12.7. The lowest BCUT2D eigenvalue weighted by Gasteiger charge is -2.23. The van der Waals surface area contributed by atoms with Crippen LogP contribution in [0.4, 0.5) is 0 Å². The summed E-state index contributed by atoms with van der Waals surface area (Å²) in [6.07, 6.45) is 1.58. The summed E-state index contributed by atoms with van der Waals surface area (Å²) in [7, 11) is -2.09. The number of hydrogen-bond acceptors (Lipinski definition) is 6. The van der Waals surface area contributed by atoms with Crippen LogP contribution in [0.5, 0.6) is 0 Å². The van der Waals surface area contributed by atoms with E-state index in [1.54, 1.807) is 20.8 Å². The monoisotopic (exact) mass is 391 g/mol. The summed E-state index contributed by atoms with van der Waals surface area (Å²) in [5, 5.41) is 6.73. The van der Waals surface area contributed by atoms with Crippen molar-refractivity contribution in [2.75, 3.05) is 12.9 Å². The molecule has 2 aromatic rings. The molecule has 0 bridgehead atoms. The zero-order chi connectivity index (χ0) is 19.9. The molecule has 9 heteroatoms.